The van der Waals surface area contributed by atoms with Crippen LogP contribution in [-0.4, -0.2) is 55.2 Å². The molecular weight excluding hydrogens is 398 g/mol. The van der Waals surface area contributed by atoms with Crippen molar-refractivity contribution in [2.75, 3.05) is 60.9 Å². The fraction of sp³-hybridized carbons (Fsp3) is 0.400. The van der Waals surface area contributed by atoms with Crippen molar-refractivity contribution in [2.45, 2.75) is 0 Å². The molecule has 2 aromatic carbocycles. The highest BCUT2D eigenvalue weighted by molar-refractivity contribution is 7.66. The van der Waals surface area contributed by atoms with E-state index in [1.165, 1.54) is 10.8 Å². The smallest absolute Gasteiger partial charge is 0.0554 e. The van der Waals surface area contributed by atoms with Gasteiger partial charge in [-0.25, -0.2) is 0 Å². The van der Waals surface area contributed by atoms with E-state index in [2.05, 4.69) is 58.5 Å². The molecule has 0 atom stereocenters. The van der Waals surface area contributed by atoms with Crippen LogP contribution in [0.15, 0.2) is 53.8 Å². The van der Waals surface area contributed by atoms with Crippen LogP contribution in [0.2, 0.25) is 0 Å². The van der Waals surface area contributed by atoms with Crippen LogP contribution < -0.4 is 10.6 Å². The fourth-order valence-corrected chi connectivity index (χ4v) is 6.99. The second kappa shape index (κ2) is 9.84. The van der Waals surface area contributed by atoms with Gasteiger partial charge in [0.15, 0.2) is 0 Å². The summed E-state index contributed by atoms with van der Waals surface area (Å²) in [7, 11) is -1.72. The van der Waals surface area contributed by atoms with Gasteiger partial charge in [-0.05, 0) is 17.5 Å². The predicted molar refractivity (Wildman–Crippen MR) is 123 cm³/mol. The van der Waals surface area contributed by atoms with Gasteiger partial charge in [0.25, 0.3) is 0 Å². The van der Waals surface area contributed by atoms with Crippen LogP contribution in [0.5, 0.6) is 0 Å². The molecule has 0 aliphatic carbocycles. The van der Waals surface area contributed by atoms with Gasteiger partial charge in [-0.3, -0.25) is 9.64 Å². The van der Waals surface area contributed by atoms with Crippen LogP contribution in [0.1, 0.15) is 0 Å². The lowest BCUT2D eigenvalue weighted by molar-refractivity contribution is 0.358. The van der Waals surface area contributed by atoms with Crippen molar-refractivity contribution >= 4 is 52.4 Å². The quantitative estimate of drug-likeness (QED) is 0.323. The van der Waals surface area contributed by atoms with Crippen LogP contribution in [0.25, 0.3) is 10.8 Å². The minimum Gasteiger partial charge on any atom is -0.379 e. The Kier molecular flexibility index (Phi) is 7.49. The standard InChI is InChI=1S/C20H27Cl2N4P/c1-2-11-25-27(16-26(12-9-21)13-10-22)14-23-18-7-3-5-17-6-4-8-19(20(17)18)24-15-27/h2-8,23-24H,1,9-16H2. The van der Waals surface area contributed by atoms with Gasteiger partial charge in [0.05, 0.1) is 19.1 Å². The summed E-state index contributed by atoms with van der Waals surface area (Å²) in [5, 5.41) is 9.91. The van der Waals surface area contributed by atoms with Crippen molar-refractivity contribution in [3.05, 3.63) is 49.1 Å². The zero-order valence-corrected chi connectivity index (χ0v) is 17.9. The highest BCUT2D eigenvalue weighted by Crippen LogP contribution is 2.51. The van der Waals surface area contributed by atoms with E-state index in [1.54, 1.807) is 0 Å². The van der Waals surface area contributed by atoms with Crippen LogP contribution in [-0.2, 0) is 0 Å². The van der Waals surface area contributed by atoms with E-state index in [0.717, 1.165) is 43.3 Å². The third-order valence-corrected chi connectivity index (χ3v) is 8.33. The van der Waals surface area contributed by atoms with Gasteiger partial charge in [0, 0.05) is 55.0 Å². The molecule has 0 saturated carbocycles. The number of alkyl halides is 2. The SMILES string of the molecule is C=CCN=P1(CN(CCCl)CCCl)CNc2cccc3cccc(c23)NC1. The van der Waals surface area contributed by atoms with Crippen LogP contribution >= 0.6 is 30.3 Å². The summed E-state index contributed by atoms with van der Waals surface area (Å²) in [4.78, 5) is 2.35. The van der Waals surface area contributed by atoms with Gasteiger partial charge < -0.3 is 10.6 Å². The van der Waals surface area contributed by atoms with Gasteiger partial charge in [-0.1, -0.05) is 30.3 Å². The van der Waals surface area contributed by atoms with Crippen LogP contribution in [0, 0.1) is 0 Å². The summed E-state index contributed by atoms with van der Waals surface area (Å²) in [5.74, 6) is 1.20. The topological polar surface area (TPSA) is 39.7 Å². The van der Waals surface area contributed by atoms with Gasteiger partial charge in [0.1, 0.15) is 0 Å². The molecule has 0 amide bonds. The van der Waals surface area contributed by atoms with Crippen molar-refractivity contribution in [3.63, 3.8) is 0 Å². The summed E-state index contributed by atoms with van der Waals surface area (Å²) >= 11 is 12.1. The molecule has 2 aromatic rings. The van der Waals surface area contributed by atoms with Gasteiger partial charge in [0.2, 0.25) is 0 Å². The first kappa shape index (κ1) is 20.5. The maximum absolute atomic E-state index is 6.03. The second-order valence-electron chi connectivity index (χ2n) is 6.72. The molecule has 7 heteroatoms. The number of benzene rings is 2. The average Bonchev–Trinajstić information content (AvgIpc) is 2.68. The minimum absolute atomic E-state index is 0.599. The van der Waals surface area contributed by atoms with Crippen molar-refractivity contribution < 1.29 is 0 Å². The maximum Gasteiger partial charge on any atom is 0.0554 e. The molecule has 1 aliphatic rings. The largest absolute Gasteiger partial charge is 0.379 e. The van der Waals surface area contributed by atoms with E-state index in [9.17, 15) is 0 Å². The summed E-state index contributed by atoms with van der Waals surface area (Å²) in [6.45, 7) is 6.18. The van der Waals surface area contributed by atoms with E-state index >= 15 is 0 Å². The molecule has 0 spiro atoms. The highest BCUT2D eigenvalue weighted by atomic mass is 35.5. The average molecular weight is 425 g/mol. The number of nitrogens with one attached hydrogen (secondary N) is 2. The Morgan fingerprint density at radius 2 is 1.63 bits per heavy atom. The third-order valence-electron chi connectivity index (χ3n) is 4.81. The summed E-state index contributed by atoms with van der Waals surface area (Å²) in [6, 6.07) is 12.8. The van der Waals surface area contributed by atoms with E-state index in [1.807, 2.05) is 6.08 Å². The number of hydrogen-bond donors (Lipinski definition) is 2. The molecule has 0 fully saturated rings. The van der Waals surface area contributed by atoms with Crippen molar-refractivity contribution in [1.29, 1.82) is 0 Å². The molecule has 4 nitrogen and oxygen atoms in total. The Morgan fingerprint density at radius 1 is 1.04 bits per heavy atom. The van der Waals surface area contributed by atoms with Crippen molar-refractivity contribution in [3.8, 4) is 0 Å². The first-order valence-corrected chi connectivity index (χ1v) is 12.6. The normalized spacial score (nSPS) is 15.5. The Morgan fingerprint density at radius 3 is 2.15 bits per heavy atom. The Bertz CT molecular complexity index is 787. The second-order valence-corrected chi connectivity index (χ2v) is 10.9. The van der Waals surface area contributed by atoms with Gasteiger partial charge in [-0.15, -0.1) is 29.8 Å². The lowest BCUT2D eigenvalue weighted by Gasteiger charge is -2.34. The molecule has 0 radical (unpaired) electrons. The van der Waals surface area contributed by atoms with Crippen molar-refractivity contribution in [1.82, 2.24) is 4.90 Å². The van der Waals surface area contributed by atoms with Crippen molar-refractivity contribution in [2.24, 2.45) is 4.74 Å². The molecule has 0 saturated heterocycles. The molecular formula is C20H27Cl2N4P. The Labute approximate surface area is 172 Å². The predicted octanol–water partition coefficient (Wildman–Crippen LogP) is 5.72. The monoisotopic (exact) mass is 424 g/mol. The molecule has 0 bridgehead atoms. The highest BCUT2D eigenvalue weighted by Gasteiger charge is 2.25. The summed E-state index contributed by atoms with van der Waals surface area (Å²) < 4.78 is 5.12. The molecule has 1 aliphatic heterocycles. The number of anilines is 2. The number of rotatable bonds is 8. The lowest BCUT2D eigenvalue weighted by Crippen LogP contribution is -2.32. The molecule has 2 N–H and O–H groups in total. The van der Waals surface area contributed by atoms with Gasteiger partial charge >= 0.3 is 0 Å². The molecule has 1 heterocycles. The molecule has 0 aromatic heterocycles. The van der Waals surface area contributed by atoms with Gasteiger partial charge in [-0.2, -0.15) is 0 Å². The molecule has 3 rings (SSSR count). The minimum atomic E-state index is -1.72. The van der Waals surface area contributed by atoms with Crippen LogP contribution in [0.3, 0.4) is 0 Å². The maximum atomic E-state index is 6.03. The van der Waals surface area contributed by atoms with E-state index in [4.69, 9.17) is 27.9 Å². The summed E-state index contributed by atoms with van der Waals surface area (Å²) in [5.41, 5.74) is 2.32. The fourth-order valence-electron chi connectivity index (χ4n) is 3.50. The zero-order chi connectivity index (χ0) is 19.1. The first-order valence-electron chi connectivity index (χ1n) is 9.21. The lowest BCUT2D eigenvalue weighted by atomic mass is 10.1. The number of hydrogen-bond acceptors (Lipinski definition) is 4. The Hall–Kier alpha value is -1.19. The van der Waals surface area contributed by atoms with E-state index in [0.29, 0.717) is 18.3 Å². The third kappa shape index (κ3) is 5.00. The molecule has 146 valence electrons. The Balaban J connectivity index is 1.96. The summed E-state index contributed by atoms with van der Waals surface area (Å²) in [6.07, 6.45) is 4.48. The molecule has 27 heavy (non-hydrogen) atoms. The first-order chi connectivity index (χ1) is 13.2. The zero-order valence-electron chi connectivity index (χ0n) is 15.5. The number of nitrogens with zero attached hydrogens (tertiary/aromatic N) is 2. The van der Waals surface area contributed by atoms with Crippen LogP contribution in [0.4, 0.5) is 11.4 Å². The molecule has 0 unspecified atom stereocenters. The van der Waals surface area contributed by atoms with E-state index < -0.39 is 7.05 Å². The van der Waals surface area contributed by atoms with E-state index in [-0.39, 0.29) is 0 Å². The number of halogens is 2.